The summed E-state index contributed by atoms with van der Waals surface area (Å²) in [6.07, 6.45) is 4.16. The zero-order valence-corrected chi connectivity index (χ0v) is 9.30. The molecule has 0 amide bonds. The molecule has 0 aliphatic carbocycles. The molecular formula is C13H13NO3. The van der Waals surface area contributed by atoms with Gasteiger partial charge in [0, 0.05) is 18.2 Å². The molecule has 1 saturated heterocycles. The van der Waals surface area contributed by atoms with Crippen LogP contribution >= 0.6 is 0 Å². The van der Waals surface area contributed by atoms with Crippen molar-refractivity contribution in [2.24, 2.45) is 0 Å². The fraction of sp³-hybridized carbons (Fsp3) is 0.308. The fourth-order valence-electron chi connectivity index (χ4n) is 2.33. The molecule has 1 aliphatic rings. The number of carboxylic acid groups (broad SMARTS) is 1. The number of nitrogens with zero attached hydrogens (tertiary/aromatic N) is 1. The second-order valence-electron chi connectivity index (χ2n) is 4.27. The molecule has 1 aromatic carbocycles. The number of aromatic nitrogens is 1. The van der Waals surface area contributed by atoms with Gasteiger partial charge < -0.3 is 14.4 Å². The van der Waals surface area contributed by atoms with Crippen LogP contribution in [0.3, 0.4) is 0 Å². The monoisotopic (exact) mass is 231 g/mol. The number of fused-ring (bicyclic) bond motifs is 1. The van der Waals surface area contributed by atoms with E-state index in [0.717, 1.165) is 30.4 Å². The minimum atomic E-state index is -0.892. The first-order valence-corrected chi connectivity index (χ1v) is 5.71. The van der Waals surface area contributed by atoms with Crippen molar-refractivity contribution in [3.63, 3.8) is 0 Å². The zero-order chi connectivity index (χ0) is 11.8. The first kappa shape index (κ1) is 10.4. The van der Waals surface area contributed by atoms with Crippen molar-refractivity contribution in [1.29, 1.82) is 0 Å². The predicted molar refractivity (Wildman–Crippen MR) is 63.1 cm³/mol. The van der Waals surface area contributed by atoms with E-state index < -0.39 is 5.97 Å². The van der Waals surface area contributed by atoms with Crippen LogP contribution in [0, 0.1) is 0 Å². The quantitative estimate of drug-likeness (QED) is 0.864. The molecule has 1 aliphatic heterocycles. The fourth-order valence-corrected chi connectivity index (χ4v) is 2.33. The summed E-state index contributed by atoms with van der Waals surface area (Å²) in [6, 6.07) is 7.11. The van der Waals surface area contributed by atoms with E-state index in [0.29, 0.717) is 5.56 Å². The van der Waals surface area contributed by atoms with Crippen LogP contribution in [0.15, 0.2) is 30.5 Å². The Labute approximate surface area is 98.4 Å². The molecule has 1 unspecified atom stereocenters. The van der Waals surface area contributed by atoms with Crippen LogP contribution in [0.4, 0.5) is 0 Å². The number of hydrogen-bond donors (Lipinski definition) is 1. The van der Waals surface area contributed by atoms with Gasteiger partial charge in [0.2, 0.25) is 0 Å². The minimum absolute atomic E-state index is 0.100. The average molecular weight is 231 g/mol. The largest absolute Gasteiger partial charge is 0.478 e. The van der Waals surface area contributed by atoms with E-state index in [9.17, 15) is 4.79 Å². The summed E-state index contributed by atoms with van der Waals surface area (Å²) in [5, 5.41) is 9.88. The van der Waals surface area contributed by atoms with E-state index in [1.54, 1.807) is 12.1 Å². The summed E-state index contributed by atoms with van der Waals surface area (Å²) < 4.78 is 7.71. The molecule has 3 rings (SSSR count). The van der Waals surface area contributed by atoms with Crippen molar-refractivity contribution in [1.82, 2.24) is 4.57 Å². The summed E-state index contributed by atoms with van der Waals surface area (Å²) in [6.45, 7) is 0.803. The van der Waals surface area contributed by atoms with Crippen LogP contribution in [0.2, 0.25) is 0 Å². The van der Waals surface area contributed by atoms with Gasteiger partial charge in [-0.3, -0.25) is 0 Å². The van der Waals surface area contributed by atoms with Gasteiger partial charge in [-0.2, -0.15) is 0 Å². The number of ether oxygens (including phenoxy) is 1. The molecule has 17 heavy (non-hydrogen) atoms. The van der Waals surface area contributed by atoms with Crippen LogP contribution in [0.25, 0.3) is 10.9 Å². The van der Waals surface area contributed by atoms with Gasteiger partial charge in [-0.05, 0) is 37.1 Å². The first-order valence-electron chi connectivity index (χ1n) is 5.71. The van der Waals surface area contributed by atoms with Crippen molar-refractivity contribution in [3.8, 4) is 0 Å². The third-order valence-electron chi connectivity index (χ3n) is 3.18. The van der Waals surface area contributed by atoms with Gasteiger partial charge in [-0.15, -0.1) is 0 Å². The zero-order valence-electron chi connectivity index (χ0n) is 9.30. The number of hydrogen-bond acceptors (Lipinski definition) is 2. The average Bonchev–Trinajstić information content (AvgIpc) is 2.96. The van der Waals surface area contributed by atoms with E-state index in [4.69, 9.17) is 9.84 Å². The topological polar surface area (TPSA) is 51.5 Å². The van der Waals surface area contributed by atoms with Crippen molar-refractivity contribution < 1.29 is 14.6 Å². The minimum Gasteiger partial charge on any atom is -0.478 e. The summed E-state index contributed by atoms with van der Waals surface area (Å²) in [4.78, 5) is 10.9. The lowest BCUT2D eigenvalue weighted by molar-refractivity contribution is 0.0601. The number of carbonyl (C=O) groups is 1. The molecule has 0 radical (unpaired) electrons. The SMILES string of the molecule is O=C(O)c1ccc2c(ccn2C2CCCO2)c1. The molecule has 1 fully saturated rings. The Morgan fingerprint density at radius 2 is 2.29 bits per heavy atom. The van der Waals surface area contributed by atoms with E-state index >= 15 is 0 Å². The molecule has 1 N–H and O–H groups in total. The summed E-state index contributed by atoms with van der Waals surface area (Å²) in [5.41, 5.74) is 1.35. The Kier molecular flexibility index (Phi) is 2.37. The number of benzene rings is 1. The van der Waals surface area contributed by atoms with E-state index in [1.807, 2.05) is 18.3 Å². The van der Waals surface area contributed by atoms with Crippen molar-refractivity contribution in [2.75, 3.05) is 6.61 Å². The van der Waals surface area contributed by atoms with E-state index in [-0.39, 0.29) is 6.23 Å². The molecule has 1 atom stereocenters. The van der Waals surface area contributed by atoms with Crippen LogP contribution < -0.4 is 0 Å². The maximum Gasteiger partial charge on any atom is 0.335 e. The lowest BCUT2D eigenvalue weighted by Crippen LogP contribution is -2.05. The highest BCUT2D eigenvalue weighted by molar-refractivity contribution is 5.93. The van der Waals surface area contributed by atoms with Gasteiger partial charge in [0.1, 0.15) is 6.23 Å². The van der Waals surface area contributed by atoms with E-state index in [2.05, 4.69) is 4.57 Å². The first-order chi connectivity index (χ1) is 8.25. The third kappa shape index (κ3) is 1.70. The van der Waals surface area contributed by atoms with Gasteiger partial charge in [-0.1, -0.05) is 0 Å². The Morgan fingerprint density at radius 1 is 1.41 bits per heavy atom. The molecule has 4 heteroatoms. The van der Waals surface area contributed by atoms with Gasteiger partial charge >= 0.3 is 5.97 Å². The number of aromatic carboxylic acids is 1. The third-order valence-corrected chi connectivity index (χ3v) is 3.18. The van der Waals surface area contributed by atoms with Crippen molar-refractivity contribution in [2.45, 2.75) is 19.1 Å². The van der Waals surface area contributed by atoms with Crippen LogP contribution in [0.1, 0.15) is 29.4 Å². The summed E-state index contributed by atoms with van der Waals surface area (Å²) >= 11 is 0. The van der Waals surface area contributed by atoms with Crippen LogP contribution in [0.5, 0.6) is 0 Å². The molecule has 0 bridgehead atoms. The molecule has 88 valence electrons. The summed E-state index contributed by atoms with van der Waals surface area (Å²) in [7, 11) is 0. The van der Waals surface area contributed by atoms with Crippen molar-refractivity contribution >= 4 is 16.9 Å². The van der Waals surface area contributed by atoms with Crippen LogP contribution in [-0.4, -0.2) is 22.2 Å². The molecule has 2 aromatic rings. The predicted octanol–water partition coefficient (Wildman–Crippen LogP) is 2.65. The molecule has 0 saturated carbocycles. The van der Waals surface area contributed by atoms with Crippen LogP contribution in [-0.2, 0) is 4.74 Å². The highest BCUT2D eigenvalue weighted by Crippen LogP contribution is 2.28. The van der Waals surface area contributed by atoms with Gasteiger partial charge in [-0.25, -0.2) is 4.79 Å². The maximum atomic E-state index is 10.9. The Bertz CT molecular complexity index is 567. The van der Waals surface area contributed by atoms with E-state index in [1.165, 1.54) is 0 Å². The molecule has 0 spiro atoms. The molecule has 2 heterocycles. The second kappa shape index (κ2) is 3.89. The molecular weight excluding hydrogens is 218 g/mol. The Balaban J connectivity index is 2.07. The highest BCUT2D eigenvalue weighted by Gasteiger charge is 2.18. The normalized spacial score (nSPS) is 19.9. The number of carboxylic acids is 1. The lowest BCUT2D eigenvalue weighted by Gasteiger charge is -2.13. The number of rotatable bonds is 2. The van der Waals surface area contributed by atoms with Gasteiger partial charge in [0.05, 0.1) is 11.1 Å². The smallest absolute Gasteiger partial charge is 0.335 e. The second-order valence-corrected chi connectivity index (χ2v) is 4.27. The standard InChI is InChI=1S/C13H13NO3/c15-13(16)10-3-4-11-9(8-10)5-6-14(11)12-2-1-7-17-12/h3-6,8,12H,1-2,7H2,(H,15,16). The lowest BCUT2D eigenvalue weighted by atomic mass is 10.1. The van der Waals surface area contributed by atoms with Crippen molar-refractivity contribution in [3.05, 3.63) is 36.0 Å². The molecule has 4 nitrogen and oxygen atoms in total. The van der Waals surface area contributed by atoms with Gasteiger partial charge in [0.15, 0.2) is 0 Å². The summed E-state index contributed by atoms with van der Waals surface area (Å²) in [5.74, 6) is -0.892. The Morgan fingerprint density at radius 3 is 3.00 bits per heavy atom. The van der Waals surface area contributed by atoms with Gasteiger partial charge in [0.25, 0.3) is 0 Å². The maximum absolute atomic E-state index is 10.9. The highest BCUT2D eigenvalue weighted by atomic mass is 16.5. The Hall–Kier alpha value is -1.81. The molecule has 1 aromatic heterocycles.